The first-order chi connectivity index (χ1) is 25.4. The van der Waals surface area contributed by atoms with Crippen LogP contribution in [0.3, 0.4) is 0 Å². The Balaban J connectivity index is 1.37. The molecule has 3 aliphatic heterocycles. The highest BCUT2D eigenvalue weighted by Crippen LogP contribution is 2.48. The lowest BCUT2D eigenvalue weighted by molar-refractivity contribution is 0.0258. The average Bonchev–Trinajstić information content (AvgIpc) is 3.91. The van der Waals surface area contributed by atoms with Gasteiger partial charge in [0.1, 0.15) is 5.75 Å². The topological polar surface area (TPSA) is 125 Å². The fraction of sp³-hybridized carbons (Fsp3) is 0.488. The third-order valence-electron chi connectivity index (χ3n) is 11.7. The Morgan fingerprint density at radius 1 is 1.02 bits per heavy atom. The molecular weight excluding hydrogens is 691 g/mol. The van der Waals surface area contributed by atoms with Crippen molar-refractivity contribution in [1.29, 1.82) is 0 Å². The predicted molar refractivity (Wildman–Crippen MR) is 206 cm³/mol. The molecule has 5 heterocycles. The van der Waals surface area contributed by atoms with E-state index in [-0.39, 0.29) is 29.7 Å². The van der Waals surface area contributed by atoms with Crippen molar-refractivity contribution in [3.05, 3.63) is 70.0 Å². The molecule has 3 fully saturated rings. The first kappa shape index (κ1) is 35.6. The van der Waals surface area contributed by atoms with Crippen molar-refractivity contribution in [2.24, 2.45) is 0 Å². The Morgan fingerprint density at radius 2 is 1.79 bits per heavy atom. The second-order valence-electron chi connectivity index (χ2n) is 15.7. The van der Waals surface area contributed by atoms with E-state index in [1.807, 2.05) is 34.7 Å². The molecule has 8 rings (SSSR count). The highest BCUT2D eigenvalue weighted by molar-refractivity contribution is 7.90. The van der Waals surface area contributed by atoms with E-state index in [1.165, 1.54) is 12.0 Å². The molecule has 4 aromatic rings. The second kappa shape index (κ2) is 13.5. The van der Waals surface area contributed by atoms with E-state index in [0.717, 1.165) is 76.8 Å². The molecule has 1 saturated carbocycles. The summed E-state index contributed by atoms with van der Waals surface area (Å²) in [4.78, 5) is 30.1. The van der Waals surface area contributed by atoms with Crippen LogP contribution in [0.15, 0.2) is 36.4 Å². The summed E-state index contributed by atoms with van der Waals surface area (Å²) in [5, 5.41) is 5.29. The molecule has 0 radical (unpaired) electrons. The summed E-state index contributed by atoms with van der Waals surface area (Å²) < 4.78 is 43.7. The minimum absolute atomic E-state index is 0.0259. The monoisotopic (exact) mass is 739 g/mol. The van der Waals surface area contributed by atoms with Gasteiger partial charge in [-0.1, -0.05) is 25.3 Å². The van der Waals surface area contributed by atoms with Gasteiger partial charge in [0.05, 0.1) is 60.3 Å². The van der Waals surface area contributed by atoms with Gasteiger partial charge in [0, 0.05) is 34.6 Å². The van der Waals surface area contributed by atoms with Crippen molar-refractivity contribution in [3.8, 4) is 17.0 Å². The first-order valence-electron chi connectivity index (χ1n) is 19.0. The summed E-state index contributed by atoms with van der Waals surface area (Å²) in [5.74, 6) is 0.358. The van der Waals surface area contributed by atoms with Crippen LogP contribution in [-0.4, -0.2) is 77.1 Å². The molecule has 53 heavy (non-hydrogen) atoms. The molecule has 0 spiro atoms. The number of carbonyl (C=O) groups excluding carboxylic acids is 2. The lowest BCUT2D eigenvalue weighted by atomic mass is 9.81. The van der Waals surface area contributed by atoms with Crippen LogP contribution in [0.4, 0.5) is 0 Å². The fourth-order valence-corrected chi connectivity index (χ4v) is 9.52. The maximum atomic E-state index is 14.6. The van der Waals surface area contributed by atoms with Crippen LogP contribution in [0.1, 0.15) is 121 Å². The Kier molecular flexibility index (Phi) is 9.04. The molecule has 1 aliphatic carbocycles. The number of benzene rings is 2. The molecule has 2 bridgehead atoms. The van der Waals surface area contributed by atoms with Gasteiger partial charge in [-0.25, -0.2) is 13.1 Å². The molecule has 12 heteroatoms. The van der Waals surface area contributed by atoms with Gasteiger partial charge in [-0.2, -0.15) is 5.10 Å². The summed E-state index contributed by atoms with van der Waals surface area (Å²) in [7, 11) is -2.17. The Bertz CT molecular complexity index is 2280. The average molecular weight is 740 g/mol. The molecule has 11 nitrogen and oxygen atoms in total. The summed E-state index contributed by atoms with van der Waals surface area (Å²) in [5.41, 5.74) is 8.45. The van der Waals surface area contributed by atoms with Crippen molar-refractivity contribution in [2.45, 2.75) is 109 Å². The Hall–Kier alpha value is -4.42. The van der Waals surface area contributed by atoms with Crippen LogP contribution in [0.5, 0.6) is 5.75 Å². The molecule has 2 amide bonds. The normalized spacial score (nSPS) is 20.2. The predicted octanol–water partition coefficient (Wildman–Crippen LogP) is 7.09. The highest BCUT2D eigenvalue weighted by atomic mass is 32.2. The van der Waals surface area contributed by atoms with Crippen molar-refractivity contribution in [3.63, 3.8) is 0 Å². The quantitative estimate of drug-likeness (QED) is 0.205. The van der Waals surface area contributed by atoms with Crippen LogP contribution in [-0.2, 0) is 21.3 Å². The standard InChI is InChI=1S/C41H49N5O6S/c1-23(2)46-38(36(25(5)42-46)41(48)44-21-32-19-30(44)22-52-32)29-16-28-17-31(51-6)13-15-33(28)39-37(26-10-8-7-9-11-26)34-14-12-27(18-35(34)45(39)20-29)40(47)43-53(49,50)24(3)4/h12-18,23-24,26,30,32H,7-11,19-22H2,1-6H3,(H,43,47). The van der Waals surface area contributed by atoms with Gasteiger partial charge in [-0.05, 0) is 113 Å². The van der Waals surface area contributed by atoms with Crippen LogP contribution in [0.25, 0.3) is 33.8 Å². The summed E-state index contributed by atoms with van der Waals surface area (Å²) in [6.45, 7) is 10.7. The van der Waals surface area contributed by atoms with Gasteiger partial charge >= 0.3 is 0 Å². The number of hydrogen-bond acceptors (Lipinski definition) is 7. The molecule has 280 valence electrons. The number of nitrogens with one attached hydrogen (secondary N) is 1. The van der Waals surface area contributed by atoms with Gasteiger partial charge in [0.2, 0.25) is 10.0 Å². The van der Waals surface area contributed by atoms with E-state index >= 15 is 0 Å². The smallest absolute Gasteiger partial charge is 0.264 e. The maximum Gasteiger partial charge on any atom is 0.264 e. The lowest BCUT2D eigenvalue weighted by Crippen LogP contribution is -2.42. The Labute approximate surface area is 311 Å². The third-order valence-corrected chi connectivity index (χ3v) is 13.4. The lowest BCUT2D eigenvalue weighted by Gasteiger charge is -2.27. The van der Waals surface area contributed by atoms with Gasteiger partial charge in [-0.15, -0.1) is 0 Å². The minimum atomic E-state index is -3.84. The summed E-state index contributed by atoms with van der Waals surface area (Å²) in [6, 6.07) is 11.8. The molecule has 2 saturated heterocycles. The highest BCUT2D eigenvalue weighted by Gasteiger charge is 2.43. The zero-order chi connectivity index (χ0) is 37.3. The summed E-state index contributed by atoms with van der Waals surface area (Å²) >= 11 is 0. The number of fused-ring (bicyclic) bond motifs is 7. The van der Waals surface area contributed by atoms with Gasteiger partial charge < -0.3 is 18.9 Å². The van der Waals surface area contributed by atoms with E-state index in [2.05, 4.69) is 41.3 Å². The number of amides is 2. The number of hydrogen-bond donors (Lipinski definition) is 1. The number of ether oxygens (including phenoxy) is 2. The van der Waals surface area contributed by atoms with Crippen molar-refractivity contribution >= 4 is 44.4 Å². The van der Waals surface area contributed by atoms with E-state index < -0.39 is 21.2 Å². The molecule has 4 aliphatic rings. The van der Waals surface area contributed by atoms with Crippen LogP contribution < -0.4 is 9.46 Å². The fourth-order valence-electron chi connectivity index (χ4n) is 8.91. The van der Waals surface area contributed by atoms with Crippen LogP contribution in [0, 0.1) is 6.92 Å². The zero-order valence-corrected chi connectivity index (χ0v) is 32.3. The number of morpholine rings is 1. The molecular formula is C41H49N5O6S. The third kappa shape index (κ3) is 6.07. The number of aryl methyl sites for hydroxylation is 1. The number of sulfonamides is 1. The van der Waals surface area contributed by atoms with Crippen molar-refractivity contribution in [2.75, 3.05) is 20.3 Å². The molecule has 1 N–H and O–H groups in total. The minimum Gasteiger partial charge on any atom is -0.497 e. The van der Waals surface area contributed by atoms with E-state index in [1.54, 1.807) is 27.0 Å². The summed E-state index contributed by atoms with van der Waals surface area (Å²) in [6.07, 6.45) is 8.72. The molecule has 2 aromatic carbocycles. The van der Waals surface area contributed by atoms with E-state index in [9.17, 15) is 18.0 Å². The largest absolute Gasteiger partial charge is 0.497 e. The van der Waals surface area contributed by atoms with Crippen LogP contribution >= 0.6 is 0 Å². The number of nitrogens with zero attached hydrogens (tertiary/aromatic N) is 4. The maximum absolute atomic E-state index is 14.6. The number of rotatable bonds is 8. The van der Waals surface area contributed by atoms with Gasteiger partial charge in [-0.3, -0.25) is 14.3 Å². The molecule has 2 aromatic heterocycles. The molecule has 2 unspecified atom stereocenters. The van der Waals surface area contributed by atoms with Gasteiger partial charge in [0.15, 0.2) is 0 Å². The van der Waals surface area contributed by atoms with E-state index in [0.29, 0.717) is 36.9 Å². The van der Waals surface area contributed by atoms with Crippen LogP contribution in [0.2, 0.25) is 0 Å². The van der Waals surface area contributed by atoms with E-state index in [4.69, 9.17) is 14.6 Å². The Morgan fingerprint density at radius 3 is 2.45 bits per heavy atom. The number of likely N-dealkylation sites (tertiary alicyclic amines) is 1. The van der Waals surface area contributed by atoms with Crippen molar-refractivity contribution in [1.82, 2.24) is 24.0 Å². The zero-order valence-electron chi connectivity index (χ0n) is 31.4. The van der Waals surface area contributed by atoms with Gasteiger partial charge in [0.25, 0.3) is 11.8 Å². The number of carbonyl (C=O) groups is 2. The SMILES string of the molecule is COc1ccc2c(c1)C=C(c1c(C(=O)N3CC4CC3CO4)c(C)nn1C(C)C)Cn1c-2c(C2CCCCC2)c2ccc(C(=O)NS(=O)(=O)C(C)C)cc21. The number of allylic oxidation sites excluding steroid dienone is 1. The first-order valence-corrected chi connectivity index (χ1v) is 20.5. The second-order valence-corrected chi connectivity index (χ2v) is 17.9. The van der Waals surface area contributed by atoms with Crippen molar-refractivity contribution < 1.29 is 27.5 Å². The number of methoxy groups -OCH3 is 1. The number of aromatic nitrogens is 3. The molecule has 2 atom stereocenters.